The van der Waals surface area contributed by atoms with Gasteiger partial charge in [-0.15, -0.1) is 0 Å². The smallest absolute Gasteiger partial charge is 0.228 e. The zero-order chi connectivity index (χ0) is 12.3. The molecule has 3 nitrogen and oxygen atoms in total. The number of hydrogen-bond acceptors (Lipinski definition) is 3. The van der Waals surface area contributed by atoms with Crippen LogP contribution in [0.5, 0.6) is 0 Å². The summed E-state index contributed by atoms with van der Waals surface area (Å²) in [4.78, 5) is 12.5. The van der Waals surface area contributed by atoms with E-state index in [1.165, 1.54) is 12.2 Å². The lowest BCUT2D eigenvalue weighted by atomic mass is 9.75. The van der Waals surface area contributed by atoms with Gasteiger partial charge in [0.15, 0.2) is 0 Å². The van der Waals surface area contributed by atoms with Crippen LogP contribution in [0, 0.1) is 11.3 Å². The number of rotatable bonds is 3. The molecular weight excluding hydrogens is 232 g/mol. The first-order valence-electron chi connectivity index (χ1n) is 6.74. The molecule has 2 saturated heterocycles. The highest BCUT2D eigenvalue weighted by Crippen LogP contribution is 2.34. The van der Waals surface area contributed by atoms with Crippen molar-refractivity contribution in [2.24, 2.45) is 11.3 Å². The van der Waals surface area contributed by atoms with Crippen molar-refractivity contribution in [1.82, 2.24) is 10.6 Å². The van der Waals surface area contributed by atoms with Crippen LogP contribution < -0.4 is 10.6 Å². The highest BCUT2D eigenvalue weighted by molar-refractivity contribution is 7.99. The monoisotopic (exact) mass is 256 g/mol. The number of thioether (sulfide) groups is 1. The van der Waals surface area contributed by atoms with E-state index in [1.807, 2.05) is 11.8 Å². The Kier molecular flexibility index (Phi) is 4.36. The topological polar surface area (TPSA) is 41.1 Å². The highest BCUT2D eigenvalue weighted by atomic mass is 32.2. The van der Waals surface area contributed by atoms with E-state index >= 15 is 0 Å². The van der Waals surface area contributed by atoms with Crippen molar-refractivity contribution in [3.63, 3.8) is 0 Å². The van der Waals surface area contributed by atoms with E-state index < -0.39 is 0 Å². The molecule has 98 valence electrons. The van der Waals surface area contributed by atoms with E-state index in [1.54, 1.807) is 0 Å². The van der Waals surface area contributed by atoms with Gasteiger partial charge >= 0.3 is 0 Å². The maximum Gasteiger partial charge on any atom is 0.228 e. The molecule has 2 N–H and O–H groups in total. The molecule has 1 amide bonds. The number of amides is 1. The molecule has 2 rings (SSSR count). The first-order chi connectivity index (χ1) is 8.15. The van der Waals surface area contributed by atoms with Crippen LogP contribution in [0.1, 0.15) is 33.1 Å². The van der Waals surface area contributed by atoms with Gasteiger partial charge in [-0.25, -0.2) is 0 Å². The van der Waals surface area contributed by atoms with Gasteiger partial charge in [-0.1, -0.05) is 13.8 Å². The Labute approximate surface area is 108 Å². The molecule has 0 aliphatic carbocycles. The molecule has 2 aliphatic rings. The van der Waals surface area contributed by atoms with Crippen LogP contribution in [0.15, 0.2) is 0 Å². The van der Waals surface area contributed by atoms with Gasteiger partial charge in [0.1, 0.15) is 0 Å². The second kappa shape index (κ2) is 5.61. The molecule has 2 fully saturated rings. The first-order valence-corrected chi connectivity index (χ1v) is 7.90. The standard InChI is InChI=1S/C13H24N2OS/c1-10(2)13(5-6-14-9-13)12(16)15-11-4-3-7-17-8-11/h10-11,14H,3-9H2,1-2H3,(H,15,16). The van der Waals surface area contributed by atoms with Crippen LogP contribution >= 0.6 is 11.8 Å². The highest BCUT2D eigenvalue weighted by Gasteiger charge is 2.44. The van der Waals surface area contributed by atoms with Crippen LogP contribution in [-0.4, -0.2) is 36.5 Å². The second-order valence-corrected chi connectivity index (χ2v) is 6.77. The largest absolute Gasteiger partial charge is 0.352 e. The molecule has 0 aromatic heterocycles. The minimum absolute atomic E-state index is 0.165. The van der Waals surface area contributed by atoms with Gasteiger partial charge in [-0.05, 0) is 37.5 Å². The lowest BCUT2D eigenvalue weighted by Gasteiger charge is -2.34. The second-order valence-electron chi connectivity index (χ2n) is 5.63. The van der Waals surface area contributed by atoms with Crippen LogP contribution in [0.25, 0.3) is 0 Å². The van der Waals surface area contributed by atoms with Crippen molar-refractivity contribution >= 4 is 17.7 Å². The van der Waals surface area contributed by atoms with E-state index in [9.17, 15) is 4.79 Å². The fourth-order valence-corrected chi connectivity index (χ4v) is 3.92. The minimum Gasteiger partial charge on any atom is -0.352 e. The number of carbonyl (C=O) groups is 1. The van der Waals surface area contributed by atoms with Crippen LogP contribution in [0.4, 0.5) is 0 Å². The lowest BCUT2D eigenvalue weighted by molar-refractivity contribution is -0.133. The molecule has 17 heavy (non-hydrogen) atoms. The minimum atomic E-state index is -0.165. The summed E-state index contributed by atoms with van der Waals surface area (Å²) >= 11 is 1.96. The molecule has 0 radical (unpaired) electrons. The van der Waals surface area contributed by atoms with Gasteiger partial charge in [0.25, 0.3) is 0 Å². The van der Waals surface area contributed by atoms with E-state index in [-0.39, 0.29) is 11.3 Å². The van der Waals surface area contributed by atoms with Gasteiger partial charge in [-0.2, -0.15) is 11.8 Å². The lowest BCUT2D eigenvalue weighted by Crippen LogP contribution is -2.50. The summed E-state index contributed by atoms with van der Waals surface area (Å²) in [5, 5.41) is 6.63. The summed E-state index contributed by atoms with van der Waals surface area (Å²) in [6.45, 7) is 6.16. The van der Waals surface area contributed by atoms with Gasteiger partial charge in [0.2, 0.25) is 5.91 Å². The van der Waals surface area contributed by atoms with Crippen molar-refractivity contribution in [3.8, 4) is 0 Å². The predicted molar refractivity (Wildman–Crippen MR) is 73.2 cm³/mol. The summed E-state index contributed by atoms with van der Waals surface area (Å²) in [6, 6.07) is 0.400. The average Bonchev–Trinajstić information content (AvgIpc) is 2.80. The van der Waals surface area contributed by atoms with Gasteiger partial charge in [0.05, 0.1) is 5.41 Å². The summed E-state index contributed by atoms with van der Waals surface area (Å²) in [5.41, 5.74) is -0.165. The average molecular weight is 256 g/mol. The maximum absolute atomic E-state index is 12.5. The molecule has 2 atom stereocenters. The molecule has 4 heteroatoms. The molecule has 0 saturated carbocycles. The quantitative estimate of drug-likeness (QED) is 0.806. The van der Waals surface area contributed by atoms with Crippen LogP contribution in [0.2, 0.25) is 0 Å². The van der Waals surface area contributed by atoms with E-state index in [2.05, 4.69) is 24.5 Å². The van der Waals surface area contributed by atoms with E-state index in [4.69, 9.17) is 0 Å². The van der Waals surface area contributed by atoms with Crippen molar-refractivity contribution in [2.45, 2.75) is 39.2 Å². The fraction of sp³-hybridized carbons (Fsp3) is 0.923. The number of carbonyl (C=O) groups excluding carboxylic acids is 1. The van der Waals surface area contributed by atoms with Gasteiger partial charge < -0.3 is 10.6 Å². The van der Waals surface area contributed by atoms with Crippen molar-refractivity contribution in [3.05, 3.63) is 0 Å². The SMILES string of the molecule is CC(C)C1(C(=O)NC2CCCSC2)CCNC1. The zero-order valence-corrected chi connectivity index (χ0v) is 11.7. The number of hydrogen-bond donors (Lipinski definition) is 2. The first kappa shape index (κ1) is 13.2. The Morgan fingerprint density at radius 2 is 2.35 bits per heavy atom. The molecule has 0 bridgehead atoms. The molecule has 0 spiro atoms. The Morgan fingerprint density at radius 3 is 2.88 bits per heavy atom. The summed E-state index contributed by atoms with van der Waals surface area (Å²) in [7, 11) is 0. The van der Waals surface area contributed by atoms with Crippen molar-refractivity contribution in [1.29, 1.82) is 0 Å². The molecule has 2 heterocycles. The molecule has 2 aliphatic heterocycles. The van der Waals surface area contributed by atoms with Crippen LogP contribution in [-0.2, 0) is 4.79 Å². The normalized spacial score (nSPS) is 33.9. The van der Waals surface area contributed by atoms with Gasteiger partial charge in [0, 0.05) is 18.3 Å². The maximum atomic E-state index is 12.5. The Morgan fingerprint density at radius 1 is 1.53 bits per heavy atom. The summed E-state index contributed by atoms with van der Waals surface area (Å²) in [6.07, 6.45) is 3.37. The molecule has 0 aromatic rings. The zero-order valence-electron chi connectivity index (χ0n) is 10.9. The van der Waals surface area contributed by atoms with Gasteiger partial charge in [-0.3, -0.25) is 4.79 Å². The van der Waals surface area contributed by atoms with E-state index in [0.717, 1.165) is 31.7 Å². The fourth-order valence-electron chi connectivity index (χ4n) is 2.84. The third-order valence-corrected chi connectivity index (χ3v) is 5.46. The van der Waals surface area contributed by atoms with Crippen molar-refractivity contribution < 1.29 is 4.79 Å². The molecule has 2 unspecified atom stereocenters. The Bertz CT molecular complexity index is 269. The molecular formula is C13H24N2OS. The number of nitrogens with one attached hydrogen (secondary N) is 2. The Balaban J connectivity index is 1.96. The Hall–Kier alpha value is -0.220. The third kappa shape index (κ3) is 2.79. The van der Waals surface area contributed by atoms with Crippen LogP contribution in [0.3, 0.4) is 0 Å². The third-order valence-electron chi connectivity index (χ3n) is 4.24. The predicted octanol–water partition coefficient (Wildman–Crippen LogP) is 1.63. The van der Waals surface area contributed by atoms with Crippen molar-refractivity contribution in [2.75, 3.05) is 24.6 Å². The van der Waals surface area contributed by atoms with E-state index in [0.29, 0.717) is 12.0 Å². The summed E-state index contributed by atoms with van der Waals surface area (Å²) in [5.74, 6) is 3.04. The molecule has 0 aromatic carbocycles. The summed E-state index contributed by atoms with van der Waals surface area (Å²) < 4.78 is 0.